The van der Waals surface area contributed by atoms with Crippen LogP contribution in [0, 0.1) is 5.92 Å². The summed E-state index contributed by atoms with van der Waals surface area (Å²) in [5.41, 5.74) is 7.19. The molecule has 1 atom stereocenters. The maximum atomic E-state index is 12.3. The third kappa shape index (κ3) is 2.87. The molecule has 0 aliphatic carbocycles. The van der Waals surface area contributed by atoms with Crippen molar-refractivity contribution >= 4 is 17.7 Å². The van der Waals surface area contributed by atoms with Crippen LogP contribution in [-0.2, 0) is 11.3 Å². The van der Waals surface area contributed by atoms with Crippen molar-refractivity contribution in [3.8, 4) is 0 Å². The molecule has 18 heavy (non-hydrogen) atoms. The Kier molecular flexibility index (Phi) is 4.30. The Morgan fingerprint density at radius 1 is 1.39 bits per heavy atom. The van der Waals surface area contributed by atoms with E-state index in [1.165, 1.54) is 10.5 Å². The van der Waals surface area contributed by atoms with E-state index in [-0.39, 0.29) is 17.9 Å². The van der Waals surface area contributed by atoms with Crippen LogP contribution in [0.1, 0.15) is 19.4 Å². The monoisotopic (exact) mass is 264 g/mol. The molecule has 0 radical (unpaired) electrons. The molecule has 0 spiro atoms. The Bertz CT molecular complexity index is 434. The van der Waals surface area contributed by atoms with Gasteiger partial charge in [-0.1, -0.05) is 32.0 Å². The third-order valence-corrected chi connectivity index (χ3v) is 4.36. The lowest BCUT2D eigenvalue weighted by Gasteiger charge is -2.25. The molecule has 1 aromatic rings. The first-order chi connectivity index (χ1) is 8.59. The zero-order valence-electron chi connectivity index (χ0n) is 10.9. The van der Waals surface area contributed by atoms with Crippen LogP contribution in [0.25, 0.3) is 0 Å². The minimum Gasteiger partial charge on any atom is -0.336 e. The molecular weight excluding hydrogens is 244 g/mol. The van der Waals surface area contributed by atoms with Gasteiger partial charge in [0.25, 0.3) is 0 Å². The molecule has 0 aromatic heterocycles. The Morgan fingerprint density at radius 3 is 2.83 bits per heavy atom. The number of fused-ring (bicyclic) bond motifs is 1. The molecule has 98 valence electrons. The van der Waals surface area contributed by atoms with E-state index in [0.717, 1.165) is 12.3 Å². The van der Waals surface area contributed by atoms with Crippen LogP contribution in [0.2, 0.25) is 0 Å². The topological polar surface area (TPSA) is 46.3 Å². The number of thioether (sulfide) groups is 1. The number of carbonyl (C=O) groups is 1. The average Bonchev–Trinajstić information content (AvgIpc) is 2.58. The van der Waals surface area contributed by atoms with Crippen molar-refractivity contribution in [1.29, 1.82) is 0 Å². The minimum atomic E-state index is -0.389. The van der Waals surface area contributed by atoms with E-state index in [1.807, 2.05) is 42.6 Å². The van der Waals surface area contributed by atoms with Crippen molar-refractivity contribution < 1.29 is 4.79 Å². The second-order valence-electron chi connectivity index (χ2n) is 4.99. The highest BCUT2D eigenvalue weighted by molar-refractivity contribution is 7.99. The molecule has 4 heteroatoms. The van der Waals surface area contributed by atoms with Gasteiger partial charge >= 0.3 is 0 Å². The number of amides is 1. The lowest BCUT2D eigenvalue weighted by molar-refractivity contribution is -0.133. The molecule has 1 aliphatic heterocycles. The fourth-order valence-corrected chi connectivity index (χ4v) is 3.03. The number of hydrogen-bond donors (Lipinski definition) is 1. The lowest BCUT2D eigenvalue weighted by atomic mass is 10.0. The van der Waals surface area contributed by atoms with Gasteiger partial charge < -0.3 is 10.6 Å². The van der Waals surface area contributed by atoms with Gasteiger partial charge in [-0.3, -0.25) is 4.79 Å². The highest BCUT2D eigenvalue weighted by Crippen LogP contribution is 2.27. The van der Waals surface area contributed by atoms with Crippen LogP contribution in [0.15, 0.2) is 29.2 Å². The number of hydrogen-bond acceptors (Lipinski definition) is 3. The van der Waals surface area contributed by atoms with Crippen LogP contribution >= 0.6 is 11.8 Å². The number of nitrogens with two attached hydrogens (primary N) is 1. The first kappa shape index (κ1) is 13.4. The molecule has 1 aliphatic rings. The Balaban J connectivity index is 2.15. The summed E-state index contributed by atoms with van der Waals surface area (Å²) >= 11 is 1.82. The van der Waals surface area contributed by atoms with Gasteiger partial charge in [0.2, 0.25) is 5.91 Å². The highest BCUT2D eigenvalue weighted by Gasteiger charge is 2.25. The van der Waals surface area contributed by atoms with Gasteiger partial charge in [0.15, 0.2) is 0 Å². The van der Waals surface area contributed by atoms with Gasteiger partial charge in [0, 0.05) is 23.7 Å². The second kappa shape index (κ2) is 5.76. The van der Waals surface area contributed by atoms with Gasteiger partial charge in [-0.2, -0.15) is 0 Å². The molecule has 3 nitrogen and oxygen atoms in total. The van der Waals surface area contributed by atoms with Crippen LogP contribution in [0.4, 0.5) is 0 Å². The Hall–Kier alpha value is -1.00. The SMILES string of the molecule is CC(C)[C@H](N)C(=O)N1CCSc2ccccc2C1. The van der Waals surface area contributed by atoms with Crippen molar-refractivity contribution in [2.24, 2.45) is 11.7 Å². The van der Waals surface area contributed by atoms with Crippen LogP contribution in [-0.4, -0.2) is 29.1 Å². The van der Waals surface area contributed by atoms with Crippen molar-refractivity contribution in [2.45, 2.75) is 31.3 Å². The van der Waals surface area contributed by atoms with E-state index in [1.54, 1.807) is 0 Å². The fraction of sp³-hybridized carbons (Fsp3) is 0.500. The van der Waals surface area contributed by atoms with Gasteiger partial charge in [-0.15, -0.1) is 11.8 Å². The first-order valence-corrected chi connectivity index (χ1v) is 7.33. The number of benzene rings is 1. The van der Waals surface area contributed by atoms with Crippen molar-refractivity contribution in [1.82, 2.24) is 4.90 Å². The Labute approximate surface area is 113 Å². The predicted octanol–water partition coefficient (Wildman–Crippen LogP) is 2.10. The molecule has 1 heterocycles. The van der Waals surface area contributed by atoms with Crippen LogP contribution < -0.4 is 5.73 Å². The summed E-state index contributed by atoms with van der Waals surface area (Å²) in [5.74, 6) is 1.19. The molecule has 0 bridgehead atoms. The van der Waals surface area contributed by atoms with E-state index in [9.17, 15) is 4.79 Å². The second-order valence-corrected chi connectivity index (χ2v) is 6.12. The number of rotatable bonds is 2. The van der Waals surface area contributed by atoms with Crippen LogP contribution in [0.5, 0.6) is 0 Å². The normalized spacial score (nSPS) is 17.2. The molecule has 0 saturated heterocycles. The van der Waals surface area contributed by atoms with E-state index >= 15 is 0 Å². The van der Waals surface area contributed by atoms with E-state index in [4.69, 9.17) is 5.73 Å². The van der Waals surface area contributed by atoms with Gasteiger partial charge in [0.05, 0.1) is 6.04 Å². The van der Waals surface area contributed by atoms with Crippen LogP contribution in [0.3, 0.4) is 0 Å². The fourth-order valence-electron chi connectivity index (χ4n) is 2.01. The molecule has 0 fully saturated rings. The van der Waals surface area contributed by atoms with Crippen molar-refractivity contribution in [3.63, 3.8) is 0 Å². The van der Waals surface area contributed by atoms with E-state index in [0.29, 0.717) is 6.54 Å². The molecule has 1 aromatic carbocycles. The average molecular weight is 264 g/mol. The molecule has 0 unspecified atom stereocenters. The quantitative estimate of drug-likeness (QED) is 0.890. The zero-order chi connectivity index (χ0) is 13.1. The lowest BCUT2D eigenvalue weighted by Crippen LogP contribution is -2.46. The minimum absolute atomic E-state index is 0.0716. The predicted molar refractivity (Wildman–Crippen MR) is 75.4 cm³/mol. The Morgan fingerprint density at radius 2 is 2.11 bits per heavy atom. The molecule has 1 amide bonds. The summed E-state index contributed by atoms with van der Waals surface area (Å²) in [7, 11) is 0. The van der Waals surface area contributed by atoms with Gasteiger partial charge in [-0.25, -0.2) is 0 Å². The van der Waals surface area contributed by atoms with E-state index < -0.39 is 0 Å². The molecular formula is C14H20N2OS. The summed E-state index contributed by atoms with van der Waals surface area (Å²) in [6, 6.07) is 7.89. The van der Waals surface area contributed by atoms with Gasteiger partial charge in [-0.05, 0) is 17.5 Å². The standard InChI is InChI=1S/C14H20N2OS/c1-10(2)13(15)14(17)16-7-8-18-12-6-4-3-5-11(12)9-16/h3-6,10,13H,7-9,15H2,1-2H3/t13-/m0/s1. The summed E-state index contributed by atoms with van der Waals surface area (Å²) < 4.78 is 0. The number of carbonyl (C=O) groups excluding carboxylic acids is 1. The number of nitrogens with zero attached hydrogens (tertiary/aromatic N) is 1. The molecule has 2 rings (SSSR count). The largest absolute Gasteiger partial charge is 0.336 e. The summed E-state index contributed by atoms with van der Waals surface area (Å²) in [4.78, 5) is 15.5. The molecule has 0 saturated carbocycles. The summed E-state index contributed by atoms with van der Waals surface area (Å²) in [6.07, 6.45) is 0. The van der Waals surface area contributed by atoms with Crippen molar-refractivity contribution in [3.05, 3.63) is 29.8 Å². The smallest absolute Gasteiger partial charge is 0.240 e. The maximum Gasteiger partial charge on any atom is 0.240 e. The maximum absolute atomic E-state index is 12.3. The first-order valence-electron chi connectivity index (χ1n) is 6.34. The zero-order valence-corrected chi connectivity index (χ0v) is 11.7. The molecule has 2 N–H and O–H groups in total. The van der Waals surface area contributed by atoms with Crippen molar-refractivity contribution in [2.75, 3.05) is 12.3 Å². The summed E-state index contributed by atoms with van der Waals surface area (Å²) in [6.45, 7) is 5.44. The third-order valence-electron chi connectivity index (χ3n) is 3.27. The van der Waals surface area contributed by atoms with E-state index in [2.05, 4.69) is 12.1 Å². The van der Waals surface area contributed by atoms with Gasteiger partial charge in [0.1, 0.15) is 0 Å². The summed E-state index contributed by atoms with van der Waals surface area (Å²) in [5, 5.41) is 0. The highest BCUT2D eigenvalue weighted by atomic mass is 32.2.